The van der Waals surface area contributed by atoms with Crippen molar-refractivity contribution in [3.8, 4) is 0 Å². The van der Waals surface area contributed by atoms with Gasteiger partial charge >= 0.3 is 0 Å². The third-order valence-electron chi connectivity index (χ3n) is 1.65. The predicted molar refractivity (Wildman–Crippen MR) is 48.7 cm³/mol. The molecule has 0 aromatic heterocycles. The standard InChI is InChI=1S/C9H17NO2/c1-3-5-8(6-7-11)10-9(12)4-2/h4,8,11H,2-3,5-7H2,1H3,(H,10,12). The van der Waals surface area contributed by atoms with Crippen molar-refractivity contribution in [1.82, 2.24) is 5.32 Å². The quantitative estimate of drug-likeness (QED) is 0.582. The number of hydrogen-bond acceptors (Lipinski definition) is 2. The van der Waals surface area contributed by atoms with Gasteiger partial charge in [0.2, 0.25) is 5.91 Å². The van der Waals surface area contributed by atoms with Crippen molar-refractivity contribution in [2.24, 2.45) is 0 Å². The van der Waals surface area contributed by atoms with Crippen LogP contribution in [0.2, 0.25) is 0 Å². The number of carbonyl (C=O) groups is 1. The number of nitrogens with one attached hydrogen (secondary N) is 1. The fourth-order valence-electron chi connectivity index (χ4n) is 1.05. The van der Waals surface area contributed by atoms with E-state index in [1.54, 1.807) is 0 Å². The molecule has 1 amide bonds. The van der Waals surface area contributed by atoms with Crippen LogP contribution < -0.4 is 5.32 Å². The van der Waals surface area contributed by atoms with Crippen molar-refractivity contribution in [2.75, 3.05) is 6.61 Å². The normalized spacial score (nSPS) is 12.2. The van der Waals surface area contributed by atoms with Crippen molar-refractivity contribution < 1.29 is 9.90 Å². The number of rotatable bonds is 6. The van der Waals surface area contributed by atoms with Gasteiger partial charge < -0.3 is 10.4 Å². The van der Waals surface area contributed by atoms with Gasteiger partial charge in [0.1, 0.15) is 0 Å². The first-order chi connectivity index (χ1) is 5.74. The van der Waals surface area contributed by atoms with E-state index in [2.05, 4.69) is 11.9 Å². The zero-order chi connectivity index (χ0) is 9.40. The molecule has 1 atom stereocenters. The number of aliphatic hydroxyl groups excluding tert-OH is 1. The first-order valence-electron chi connectivity index (χ1n) is 4.28. The molecule has 0 aliphatic carbocycles. The van der Waals surface area contributed by atoms with Crippen LogP contribution in [0.4, 0.5) is 0 Å². The summed E-state index contributed by atoms with van der Waals surface area (Å²) < 4.78 is 0. The Kier molecular flexibility index (Phi) is 6.38. The summed E-state index contributed by atoms with van der Waals surface area (Å²) in [6.07, 6.45) is 3.77. The Morgan fingerprint density at radius 2 is 2.33 bits per heavy atom. The Morgan fingerprint density at radius 1 is 1.67 bits per heavy atom. The molecule has 0 radical (unpaired) electrons. The molecule has 70 valence electrons. The summed E-state index contributed by atoms with van der Waals surface area (Å²) >= 11 is 0. The molecule has 0 rings (SSSR count). The second kappa shape index (κ2) is 6.85. The molecule has 0 aromatic rings. The Morgan fingerprint density at radius 3 is 2.75 bits per heavy atom. The summed E-state index contributed by atoms with van der Waals surface area (Å²) in [6.45, 7) is 5.52. The zero-order valence-corrected chi connectivity index (χ0v) is 7.55. The Hall–Kier alpha value is -0.830. The van der Waals surface area contributed by atoms with Gasteiger partial charge in [-0.2, -0.15) is 0 Å². The monoisotopic (exact) mass is 171 g/mol. The third-order valence-corrected chi connectivity index (χ3v) is 1.65. The molecule has 0 aliphatic heterocycles. The summed E-state index contributed by atoms with van der Waals surface area (Å²) in [5.41, 5.74) is 0. The number of aliphatic hydroxyl groups is 1. The van der Waals surface area contributed by atoms with Gasteiger partial charge in [-0.25, -0.2) is 0 Å². The number of carbonyl (C=O) groups excluding carboxylic acids is 1. The molecule has 2 N–H and O–H groups in total. The number of hydrogen-bond donors (Lipinski definition) is 2. The average Bonchev–Trinajstić information content (AvgIpc) is 2.05. The van der Waals surface area contributed by atoms with Gasteiger partial charge in [0.25, 0.3) is 0 Å². The van der Waals surface area contributed by atoms with Crippen LogP contribution in [0, 0.1) is 0 Å². The molecular weight excluding hydrogens is 154 g/mol. The van der Waals surface area contributed by atoms with Gasteiger partial charge in [0, 0.05) is 12.6 Å². The van der Waals surface area contributed by atoms with Gasteiger partial charge in [0.15, 0.2) is 0 Å². The van der Waals surface area contributed by atoms with Gasteiger partial charge in [-0.3, -0.25) is 4.79 Å². The Bertz CT molecular complexity index is 139. The zero-order valence-electron chi connectivity index (χ0n) is 7.55. The van der Waals surface area contributed by atoms with E-state index in [0.717, 1.165) is 12.8 Å². The highest BCUT2D eigenvalue weighted by molar-refractivity contribution is 5.87. The maximum atomic E-state index is 10.9. The van der Waals surface area contributed by atoms with Crippen molar-refractivity contribution >= 4 is 5.91 Å². The molecule has 0 heterocycles. The largest absolute Gasteiger partial charge is 0.396 e. The molecule has 3 nitrogen and oxygen atoms in total. The Labute approximate surface area is 73.5 Å². The van der Waals surface area contributed by atoms with Crippen molar-refractivity contribution in [1.29, 1.82) is 0 Å². The minimum absolute atomic E-state index is 0.0884. The molecule has 0 spiro atoms. The lowest BCUT2D eigenvalue weighted by atomic mass is 10.1. The summed E-state index contributed by atoms with van der Waals surface area (Å²) in [4.78, 5) is 10.9. The second-order valence-corrected chi connectivity index (χ2v) is 2.71. The maximum absolute atomic E-state index is 10.9. The van der Waals surface area contributed by atoms with E-state index in [-0.39, 0.29) is 18.6 Å². The SMILES string of the molecule is C=CC(=O)NC(CCC)CCO. The first-order valence-corrected chi connectivity index (χ1v) is 4.28. The van der Waals surface area contributed by atoms with Gasteiger partial charge in [-0.15, -0.1) is 0 Å². The Balaban J connectivity index is 3.76. The van der Waals surface area contributed by atoms with Gasteiger partial charge in [-0.05, 0) is 18.9 Å². The molecule has 0 saturated carbocycles. The molecule has 1 unspecified atom stereocenters. The highest BCUT2D eigenvalue weighted by Gasteiger charge is 2.07. The summed E-state index contributed by atoms with van der Waals surface area (Å²) in [5.74, 6) is -0.165. The predicted octanol–water partition coefficient (Wildman–Crippen LogP) is 0.840. The van der Waals surface area contributed by atoms with Crippen LogP contribution in [-0.2, 0) is 4.79 Å². The second-order valence-electron chi connectivity index (χ2n) is 2.71. The molecular formula is C9H17NO2. The van der Waals surface area contributed by atoms with Crippen LogP contribution in [0.25, 0.3) is 0 Å². The summed E-state index contributed by atoms with van der Waals surface area (Å²) in [6, 6.07) is 0.0884. The van der Waals surface area contributed by atoms with E-state index in [4.69, 9.17) is 5.11 Å². The molecule has 0 bridgehead atoms. The third kappa shape index (κ3) is 4.91. The number of amides is 1. The fraction of sp³-hybridized carbons (Fsp3) is 0.667. The summed E-state index contributed by atoms with van der Waals surface area (Å²) in [5, 5.41) is 11.4. The van der Waals surface area contributed by atoms with E-state index in [9.17, 15) is 4.79 Å². The molecule has 12 heavy (non-hydrogen) atoms. The molecule has 0 aromatic carbocycles. The lowest BCUT2D eigenvalue weighted by Crippen LogP contribution is -2.34. The molecule has 3 heteroatoms. The van der Waals surface area contributed by atoms with E-state index in [1.807, 2.05) is 6.92 Å². The lowest BCUT2D eigenvalue weighted by molar-refractivity contribution is -0.117. The van der Waals surface area contributed by atoms with Gasteiger partial charge in [0.05, 0.1) is 0 Å². The smallest absolute Gasteiger partial charge is 0.243 e. The van der Waals surface area contributed by atoms with Crippen LogP contribution >= 0.6 is 0 Å². The van der Waals surface area contributed by atoms with Crippen molar-refractivity contribution in [2.45, 2.75) is 32.2 Å². The highest BCUT2D eigenvalue weighted by atomic mass is 16.3. The van der Waals surface area contributed by atoms with E-state index in [0.29, 0.717) is 6.42 Å². The van der Waals surface area contributed by atoms with Crippen LogP contribution in [0.5, 0.6) is 0 Å². The minimum atomic E-state index is -0.165. The van der Waals surface area contributed by atoms with Crippen LogP contribution in [0.15, 0.2) is 12.7 Å². The van der Waals surface area contributed by atoms with Crippen molar-refractivity contribution in [3.63, 3.8) is 0 Å². The van der Waals surface area contributed by atoms with E-state index in [1.165, 1.54) is 6.08 Å². The topological polar surface area (TPSA) is 49.3 Å². The molecule has 0 aliphatic rings. The van der Waals surface area contributed by atoms with E-state index >= 15 is 0 Å². The highest BCUT2D eigenvalue weighted by Crippen LogP contribution is 2.00. The minimum Gasteiger partial charge on any atom is -0.396 e. The van der Waals surface area contributed by atoms with Gasteiger partial charge in [-0.1, -0.05) is 19.9 Å². The lowest BCUT2D eigenvalue weighted by Gasteiger charge is -2.15. The maximum Gasteiger partial charge on any atom is 0.243 e. The molecule has 0 fully saturated rings. The summed E-state index contributed by atoms with van der Waals surface area (Å²) in [7, 11) is 0. The fourth-order valence-corrected chi connectivity index (χ4v) is 1.05. The van der Waals surface area contributed by atoms with Crippen LogP contribution in [0.1, 0.15) is 26.2 Å². The first kappa shape index (κ1) is 11.2. The van der Waals surface area contributed by atoms with Crippen LogP contribution in [-0.4, -0.2) is 23.7 Å². The van der Waals surface area contributed by atoms with E-state index < -0.39 is 0 Å². The van der Waals surface area contributed by atoms with Crippen LogP contribution in [0.3, 0.4) is 0 Å². The molecule has 0 saturated heterocycles. The average molecular weight is 171 g/mol. The van der Waals surface area contributed by atoms with Crippen molar-refractivity contribution in [3.05, 3.63) is 12.7 Å².